The number of nitrogens with one attached hydrogen (secondary N) is 2. The van der Waals surface area contributed by atoms with Crippen molar-refractivity contribution in [3.63, 3.8) is 0 Å². The van der Waals surface area contributed by atoms with Crippen LogP contribution in [0.25, 0.3) is 11.6 Å². The minimum Gasteiger partial charge on any atom is -0.440 e. The highest BCUT2D eigenvalue weighted by Gasteiger charge is 2.25. The number of nitrogens with two attached hydrogens (primary N) is 1. The Kier molecular flexibility index (Phi) is 3.74. The summed E-state index contributed by atoms with van der Waals surface area (Å²) >= 11 is 6.12. The second-order valence-corrected chi connectivity index (χ2v) is 7.56. The maximum Gasteiger partial charge on any atom is 0.271 e. The fourth-order valence-corrected chi connectivity index (χ4v) is 2.89. The first-order valence-corrected chi connectivity index (χ1v) is 9.30. The summed E-state index contributed by atoms with van der Waals surface area (Å²) in [5.41, 5.74) is 1.07. The molecule has 0 bridgehead atoms. The number of halogens is 1. The summed E-state index contributed by atoms with van der Waals surface area (Å²) in [4.78, 5) is 8.31. The van der Waals surface area contributed by atoms with E-state index in [2.05, 4.69) is 25.5 Å². The summed E-state index contributed by atoms with van der Waals surface area (Å²) < 4.78 is 27.8. The van der Waals surface area contributed by atoms with E-state index >= 15 is 0 Å². The Morgan fingerprint density at radius 2 is 2.16 bits per heavy atom. The van der Waals surface area contributed by atoms with Crippen LogP contribution in [0.15, 0.2) is 33.9 Å². The van der Waals surface area contributed by atoms with Gasteiger partial charge in [0.15, 0.2) is 23.2 Å². The summed E-state index contributed by atoms with van der Waals surface area (Å²) in [6.45, 7) is 0. The number of H-pyrrole nitrogens is 1. The monoisotopic (exact) mass is 380 g/mol. The molecular formula is C14H13ClN6O3S. The zero-order valence-electron chi connectivity index (χ0n) is 12.7. The van der Waals surface area contributed by atoms with Gasteiger partial charge in [0.1, 0.15) is 5.02 Å². The van der Waals surface area contributed by atoms with Crippen LogP contribution in [-0.2, 0) is 10.0 Å². The normalized spacial score (nSPS) is 14.6. The molecule has 130 valence electrons. The first-order chi connectivity index (χ1) is 11.9. The highest BCUT2D eigenvalue weighted by Crippen LogP contribution is 2.39. The number of hydrogen-bond acceptors (Lipinski definition) is 7. The number of aromatic amines is 1. The number of aromatic nitrogens is 4. The largest absolute Gasteiger partial charge is 0.440 e. The molecule has 0 amide bonds. The van der Waals surface area contributed by atoms with Crippen molar-refractivity contribution in [2.24, 2.45) is 5.14 Å². The Labute approximate surface area is 147 Å². The lowest BCUT2D eigenvalue weighted by Crippen LogP contribution is -2.10. The fourth-order valence-electron chi connectivity index (χ4n) is 2.29. The average Bonchev–Trinajstić information content (AvgIpc) is 3.09. The van der Waals surface area contributed by atoms with Crippen LogP contribution in [-0.4, -0.2) is 28.6 Å². The minimum absolute atomic E-state index is 0.157. The molecule has 9 nitrogen and oxygen atoms in total. The fraction of sp³-hybridized carbons (Fsp3) is 0.214. The van der Waals surface area contributed by atoms with E-state index in [1.807, 2.05) is 6.07 Å². The third-order valence-corrected chi connectivity index (χ3v) is 4.74. The van der Waals surface area contributed by atoms with Crippen LogP contribution < -0.4 is 10.5 Å². The van der Waals surface area contributed by atoms with Gasteiger partial charge < -0.3 is 9.73 Å². The maximum absolute atomic E-state index is 11.3. The smallest absolute Gasteiger partial charge is 0.271 e. The zero-order chi connectivity index (χ0) is 17.6. The van der Waals surface area contributed by atoms with Crippen molar-refractivity contribution in [3.05, 3.63) is 35.1 Å². The van der Waals surface area contributed by atoms with E-state index in [0.29, 0.717) is 17.6 Å². The highest BCUT2D eigenvalue weighted by atomic mass is 35.5. The molecule has 4 rings (SSSR count). The molecule has 0 radical (unpaired) electrons. The molecule has 3 aromatic heterocycles. The number of hydrogen-bond donors (Lipinski definition) is 3. The molecule has 0 spiro atoms. The van der Waals surface area contributed by atoms with Crippen molar-refractivity contribution in [3.8, 4) is 11.6 Å². The summed E-state index contributed by atoms with van der Waals surface area (Å²) in [5.74, 6) is 1.77. The number of nitrogens with zero attached hydrogens (tertiary/aromatic N) is 3. The number of furan rings is 1. The van der Waals surface area contributed by atoms with E-state index in [1.54, 1.807) is 0 Å². The Bertz CT molecular complexity index is 1040. The summed E-state index contributed by atoms with van der Waals surface area (Å²) in [6, 6.07) is 4.57. The Morgan fingerprint density at radius 1 is 1.36 bits per heavy atom. The number of rotatable bonds is 5. The quantitative estimate of drug-likeness (QED) is 0.617. The van der Waals surface area contributed by atoms with Gasteiger partial charge in [0, 0.05) is 17.7 Å². The second kappa shape index (κ2) is 5.83. The Balaban J connectivity index is 1.62. The third kappa shape index (κ3) is 3.36. The highest BCUT2D eigenvalue weighted by molar-refractivity contribution is 7.89. The van der Waals surface area contributed by atoms with Gasteiger partial charge in [0.2, 0.25) is 5.09 Å². The molecule has 1 fully saturated rings. The van der Waals surface area contributed by atoms with Crippen LogP contribution in [0.4, 0.5) is 11.6 Å². The van der Waals surface area contributed by atoms with Crippen molar-refractivity contribution in [1.29, 1.82) is 0 Å². The molecule has 0 aromatic carbocycles. The van der Waals surface area contributed by atoms with Gasteiger partial charge in [-0.1, -0.05) is 11.6 Å². The molecule has 1 aliphatic rings. The van der Waals surface area contributed by atoms with E-state index < -0.39 is 10.0 Å². The van der Waals surface area contributed by atoms with Crippen LogP contribution in [0.5, 0.6) is 0 Å². The Morgan fingerprint density at radius 3 is 2.84 bits per heavy atom. The van der Waals surface area contributed by atoms with Crippen LogP contribution in [0.3, 0.4) is 0 Å². The van der Waals surface area contributed by atoms with Crippen molar-refractivity contribution in [2.45, 2.75) is 23.9 Å². The molecule has 0 saturated heterocycles. The second-order valence-electron chi connectivity index (χ2n) is 5.66. The molecule has 25 heavy (non-hydrogen) atoms. The van der Waals surface area contributed by atoms with Crippen LogP contribution in [0.1, 0.15) is 24.5 Å². The van der Waals surface area contributed by atoms with Crippen LogP contribution >= 0.6 is 11.6 Å². The van der Waals surface area contributed by atoms with E-state index in [9.17, 15) is 8.42 Å². The van der Waals surface area contributed by atoms with E-state index in [1.165, 1.54) is 18.3 Å². The van der Waals surface area contributed by atoms with Gasteiger partial charge in [0.25, 0.3) is 10.0 Å². The molecule has 3 heterocycles. The lowest BCUT2D eigenvalue weighted by Gasteiger charge is -2.05. The minimum atomic E-state index is -3.93. The SMILES string of the molecule is NS(=O)(=O)c1ccc(-c2ncc(Cl)c(Nc3cc(C4CC4)[nH]n3)n2)o1. The molecule has 1 saturated carbocycles. The topological polar surface area (TPSA) is 140 Å². The van der Waals surface area contributed by atoms with E-state index in [0.717, 1.165) is 18.5 Å². The van der Waals surface area contributed by atoms with Crippen molar-refractivity contribution in [2.75, 3.05) is 5.32 Å². The molecule has 11 heteroatoms. The lowest BCUT2D eigenvalue weighted by molar-refractivity contribution is 0.459. The number of primary sulfonamides is 1. The molecule has 1 aliphatic carbocycles. The maximum atomic E-state index is 11.3. The number of anilines is 2. The molecule has 0 aliphatic heterocycles. The standard InChI is InChI=1S/C14H13ClN6O3S/c15-8-6-17-14(10-3-4-12(24-10)25(16,22)23)19-13(8)18-11-5-9(20-21-11)7-1-2-7/h3-7H,1-2H2,(H2,16,22,23)(H2,17,18,19,20,21). The Hall–Kier alpha value is -2.43. The van der Waals surface area contributed by atoms with Gasteiger partial charge >= 0.3 is 0 Å². The van der Waals surface area contributed by atoms with E-state index in [4.69, 9.17) is 21.2 Å². The first-order valence-electron chi connectivity index (χ1n) is 7.38. The third-order valence-electron chi connectivity index (χ3n) is 3.69. The zero-order valence-corrected chi connectivity index (χ0v) is 14.3. The van der Waals surface area contributed by atoms with Gasteiger partial charge in [-0.25, -0.2) is 23.5 Å². The predicted octanol–water partition coefficient (Wildman–Crippen LogP) is 2.38. The van der Waals surface area contributed by atoms with E-state index in [-0.39, 0.29) is 21.7 Å². The van der Waals surface area contributed by atoms with Gasteiger partial charge in [0.05, 0.1) is 6.20 Å². The van der Waals surface area contributed by atoms with Crippen molar-refractivity contribution >= 4 is 33.3 Å². The summed E-state index contributed by atoms with van der Waals surface area (Å²) in [7, 11) is -3.93. The molecule has 0 atom stereocenters. The lowest BCUT2D eigenvalue weighted by atomic mass is 10.3. The van der Waals surface area contributed by atoms with Gasteiger partial charge in [-0.2, -0.15) is 5.10 Å². The van der Waals surface area contributed by atoms with Crippen LogP contribution in [0.2, 0.25) is 5.02 Å². The predicted molar refractivity (Wildman–Crippen MR) is 90.0 cm³/mol. The van der Waals surface area contributed by atoms with Crippen molar-refractivity contribution < 1.29 is 12.8 Å². The first kappa shape index (κ1) is 16.1. The van der Waals surface area contributed by atoms with Gasteiger partial charge in [-0.15, -0.1) is 0 Å². The molecule has 0 unspecified atom stereocenters. The van der Waals surface area contributed by atoms with Crippen LogP contribution in [0, 0.1) is 0 Å². The summed E-state index contributed by atoms with van der Waals surface area (Å²) in [6.07, 6.45) is 3.70. The van der Waals surface area contributed by atoms with Crippen molar-refractivity contribution in [1.82, 2.24) is 20.2 Å². The number of sulfonamides is 1. The molecular weight excluding hydrogens is 368 g/mol. The van der Waals surface area contributed by atoms with Gasteiger partial charge in [-0.05, 0) is 25.0 Å². The average molecular weight is 381 g/mol. The molecule has 3 aromatic rings. The molecule has 4 N–H and O–H groups in total. The van der Waals surface area contributed by atoms with Gasteiger partial charge in [-0.3, -0.25) is 5.10 Å². The summed E-state index contributed by atoms with van der Waals surface area (Å²) in [5, 5.41) is 15.1.